The number of pyridine rings is 6. The molecule has 480 valence electrons. The number of rotatable bonds is 6. The van der Waals surface area contributed by atoms with Gasteiger partial charge in [0, 0.05) is 118 Å². The molecule has 6 aromatic heterocycles. The number of aromatic nitrogens is 6. The van der Waals surface area contributed by atoms with Gasteiger partial charge in [0.25, 0.3) is 0 Å². The molecule has 0 fully saturated rings. The normalized spacial score (nSPS) is 11.7. The molecular formula is C88H104N6+6. The fraction of sp³-hybridized carbons (Fsp3) is 0.250. The Hall–Kier alpha value is -9.78. The monoisotopic (exact) mass is 1250 g/mol. The fourth-order valence-electron chi connectivity index (χ4n) is 12.1. The first-order valence-electron chi connectivity index (χ1n) is 35.4. The summed E-state index contributed by atoms with van der Waals surface area (Å²) in [5.41, 5.74) is 33.7. The molecule has 0 aliphatic heterocycles. The van der Waals surface area contributed by atoms with E-state index in [1.807, 2.05) is 91.7 Å². The number of aryl methyl sites for hydroxylation is 18. The van der Waals surface area contributed by atoms with Gasteiger partial charge in [-0.1, -0.05) is 109 Å². The lowest BCUT2D eigenvalue weighted by atomic mass is 9.97. The lowest BCUT2D eigenvalue weighted by molar-refractivity contribution is -0.666. The summed E-state index contributed by atoms with van der Waals surface area (Å²) in [7, 11) is 12.2. The Balaban J connectivity index is 0.000000169. The average molecular weight is 1250 g/mol. The van der Waals surface area contributed by atoms with Crippen LogP contribution in [0.5, 0.6) is 0 Å². The minimum absolute atomic E-state index is 0.363. The van der Waals surface area contributed by atoms with Crippen LogP contribution in [-0.2, 0) is 42.3 Å². The fourth-order valence-corrected chi connectivity index (χ4v) is 12.1. The van der Waals surface area contributed by atoms with E-state index >= 15 is 0 Å². The van der Waals surface area contributed by atoms with Crippen molar-refractivity contribution in [1.82, 2.24) is 0 Å². The van der Waals surface area contributed by atoms with Crippen LogP contribution in [-0.4, -0.2) is 0 Å². The summed E-state index contributed by atoms with van der Waals surface area (Å²) in [6, 6.07) is 67.9. The van der Waals surface area contributed by atoms with Crippen molar-refractivity contribution in [2.24, 2.45) is 42.3 Å². The number of hydrogen-bond donors (Lipinski definition) is 0. The maximum atomic E-state index is 7.48. The Morgan fingerprint density at radius 1 is 0.245 bits per heavy atom. The molecular weight excluding hydrogens is 1140 g/mol. The van der Waals surface area contributed by atoms with Gasteiger partial charge in [0.2, 0.25) is 34.2 Å². The third kappa shape index (κ3) is 18.1. The van der Waals surface area contributed by atoms with E-state index in [0.29, 0.717) is 11.1 Å². The summed E-state index contributed by atoms with van der Waals surface area (Å²) < 4.78 is 57.3. The summed E-state index contributed by atoms with van der Waals surface area (Å²) in [6.07, 6.45) is 9.99. The highest BCUT2D eigenvalue weighted by Gasteiger charge is 2.21. The maximum absolute atomic E-state index is 7.48. The van der Waals surface area contributed by atoms with Gasteiger partial charge in [0.15, 0.2) is 36.7 Å². The van der Waals surface area contributed by atoms with Crippen molar-refractivity contribution in [3.63, 3.8) is 0 Å². The SMILES string of the molecule is Cc1cc(C)c(-c2ccccc2C)[n+](C)c1.Cc1ccccc1-c1c(C)c(C)c(C)c[n+]1C.Cc1ccccc1-c1c(C)c(C)cc[n+]1C.Cc1ccccc1-c1cccc(C)[n+]1C.[2H]C([2H])([2H])c1cc[n+](C)c(-c2ccccc2C)c1.[2H]C([2H])([2H])c1ccc(-c2ccccc2C)[n+](C)c1. The van der Waals surface area contributed by atoms with Crippen LogP contribution in [0.2, 0.25) is 0 Å². The van der Waals surface area contributed by atoms with Gasteiger partial charge in [-0.05, 0) is 208 Å². The standard InChI is InChI=1S/C16H20N.2C15H18N.3C14H16N/c1-11-8-6-7-9-15(11)16-14(4)13(3)12(2)10-17(16)5;1-11-9-13(3)15(16(4)10-11)14-8-6-5-7-12(14)2;1-11-9-10-16(4)15(13(11)3)14-8-6-5-7-12(14)2;1-11-7-4-5-9-13(11)14-10-6-8-12(2)15(14)3;1-11-8-9-15(3)14(10-11)13-7-5-4-6-12(13)2;1-11-8-9-14(15(3)10-11)13-7-5-4-6-12(13)2/h6-10H,1-5H3;2*5-10H,1-4H3;3*4-10H,1-3H3/q6*+1/i;;;;2*1D3. The summed E-state index contributed by atoms with van der Waals surface area (Å²) in [6.45, 7) is 26.0. The average Bonchev–Trinajstić information content (AvgIpc) is 0.827. The molecule has 0 unspecified atom stereocenters. The van der Waals surface area contributed by atoms with E-state index in [9.17, 15) is 0 Å². The van der Waals surface area contributed by atoms with Gasteiger partial charge in [-0.15, -0.1) is 0 Å². The van der Waals surface area contributed by atoms with Crippen LogP contribution in [0.1, 0.15) is 97.4 Å². The van der Waals surface area contributed by atoms with E-state index in [2.05, 4.69) is 276 Å². The molecule has 12 aromatic rings. The molecule has 0 radical (unpaired) electrons. The van der Waals surface area contributed by atoms with Crippen molar-refractivity contribution < 1.29 is 35.6 Å². The molecule has 0 aliphatic carbocycles. The Morgan fingerprint density at radius 3 is 1.13 bits per heavy atom. The van der Waals surface area contributed by atoms with Crippen LogP contribution in [0, 0.1) is 111 Å². The zero-order chi connectivity index (χ0) is 73.5. The van der Waals surface area contributed by atoms with Crippen LogP contribution in [0.25, 0.3) is 67.5 Å². The molecule has 6 aromatic carbocycles. The number of hydrogen-bond acceptors (Lipinski definition) is 0. The van der Waals surface area contributed by atoms with Crippen molar-refractivity contribution in [3.05, 3.63) is 320 Å². The molecule has 0 spiro atoms. The van der Waals surface area contributed by atoms with Gasteiger partial charge in [0.05, 0.1) is 0 Å². The molecule has 0 amide bonds. The van der Waals surface area contributed by atoms with Gasteiger partial charge >= 0.3 is 0 Å². The van der Waals surface area contributed by atoms with Gasteiger partial charge < -0.3 is 0 Å². The Kier molecular flexibility index (Phi) is 22.2. The molecule has 6 nitrogen and oxygen atoms in total. The third-order valence-electron chi connectivity index (χ3n) is 17.9. The molecule has 0 saturated carbocycles. The van der Waals surface area contributed by atoms with Gasteiger partial charge in [0.1, 0.15) is 42.3 Å². The molecule has 6 heterocycles. The zero-order valence-electron chi connectivity index (χ0n) is 65.6. The highest BCUT2D eigenvalue weighted by molar-refractivity contribution is 5.68. The highest BCUT2D eigenvalue weighted by atomic mass is 15.0. The van der Waals surface area contributed by atoms with E-state index in [-0.39, 0.29) is 0 Å². The Morgan fingerprint density at radius 2 is 0.660 bits per heavy atom. The van der Waals surface area contributed by atoms with Crippen molar-refractivity contribution in [3.8, 4) is 67.5 Å². The van der Waals surface area contributed by atoms with Crippen molar-refractivity contribution in [2.75, 3.05) is 0 Å². The van der Waals surface area contributed by atoms with Crippen LogP contribution < -0.4 is 27.4 Å². The largest absolute Gasteiger partial charge is 0.215 e. The predicted molar refractivity (Wildman–Crippen MR) is 394 cm³/mol. The van der Waals surface area contributed by atoms with E-state index in [4.69, 9.17) is 8.22 Å². The Bertz CT molecular complexity index is 4810. The summed E-state index contributed by atoms with van der Waals surface area (Å²) >= 11 is 0. The molecule has 0 saturated heterocycles. The zero-order valence-corrected chi connectivity index (χ0v) is 59.6. The quantitative estimate of drug-likeness (QED) is 0.148. The molecule has 0 bridgehead atoms. The second kappa shape index (κ2) is 33.2. The van der Waals surface area contributed by atoms with Crippen molar-refractivity contribution >= 4 is 0 Å². The molecule has 0 N–H and O–H groups in total. The molecule has 6 heteroatoms. The minimum Gasteiger partial charge on any atom is -0.201 e. The lowest BCUT2D eigenvalue weighted by Crippen LogP contribution is -2.34. The van der Waals surface area contributed by atoms with Gasteiger partial charge in [-0.3, -0.25) is 0 Å². The predicted octanol–water partition coefficient (Wildman–Crippen LogP) is 18.0. The van der Waals surface area contributed by atoms with Crippen molar-refractivity contribution in [2.45, 2.75) is 111 Å². The van der Waals surface area contributed by atoms with Gasteiger partial charge in [-0.25, -0.2) is 22.8 Å². The summed E-state index contributed by atoms with van der Waals surface area (Å²) in [4.78, 5) is 0. The molecule has 0 atom stereocenters. The van der Waals surface area contributed by atoms with E-state index in [0.717, 1.165) is 28.1 Å². The Labute approximate surface area is 573 Å². The van der Waals surface area contributed by atoms with Crippen LogP contribution in [0.15, 0.2) is 231 Å². The van der Waals surface area contributed by atoms with Gasteiger partial charge in [-0.2, -0.15) is 4.57 Å². The maximum Gasteiger partial charge on any atom is 0.215 e. The third-order valence-corrected chi connectivity index (χ3v) is 17.9. The molecule has 0 aliphatic rings. The first-order valence-corrected chi connectivity index (χ1v) is 32.4. The first-order chi connectivity index (χ1) is 47.2. The lowest BCUT2D eigenvalue weighted by Gasteiger charge is -2.10. The number of benzene rings is 6. The summed E-state index contributed by atoms with van der Waals surface area (Å²) in [5.74, 6) is 0. The van der Waals surface area contributed by atoms with Crippen LogP contribution in [0.3, 0.4) is 0 Å². The second-order valence-electron chi connectivity index (χ2n) is 25.1. The first kappa shape index (κ1) is 63.0. The number of nitrogens with zero attached hydrogens (tertiary/aromatic N) is 6. The second-order valence-corrected chi connectivity index (χ2v) is 25.1. The van der Waals surface area contributed by atoms with E-state index in [1.54, 1.807) is 30.6 Å². The van der Waals surface area contributed by atoms with E-state index in [1.165, 1.54) is 117 Å². The van der Waals surface area contributed by atoms with E-state index < -0.39 is 13.7 Å². The summed E-state index contributed by atoms with van der Waals surface area (Å²) in [5, 5.41) is 0. The smallest absolute Gasteiger partial charge is 0.201 e. The molecule has 12 rings (SSSR count). The minimum atomic E-state index is -2.06. The highest BCUT2D eigenvalue weighted by Crippen LogP contribution is 2.29. The molecule has 94 heavy (non-hydrogen) atoms. The van der Waals surface area contributed by atoms with Crippen LogP contribution in [0.4, 0.5) is 0 Å². The van der Waals surface area contributed by atoms with Crippen molar-refractivity contribution in [1.29, 1.82) is 0 Å². The van der Waals surface area contributed by atoms with Crippen LogP contribution >= 0.6 is 0 Å². The topological polar surface area (TPSA) is 23.3 Å².